The zero-order chi connectivity index (χ0) is 12.5. The summed E-state index contributed by atoms with van der Waals surface area (Å²) >= 11 is 0. The van der Waals surface area contributed by atoms with Gasteiger partial charge in [-0.05, 0) is 24.3 Å². The van der Waals surface area contributed by atoms with Gasteiger partial charge in [-0.2, -0.15) is 5.26 Å². The van der Waals surface area contributed by atoms with Crippen LogP contribution in [-0.2, 0) is 6.42 Å². The minimum Gasteiger partial charge on any atom is -0.458 e. The van der Waals surface area contributed by atoms with Crippen molar-refractivity contribution in [3.8, 4) is 17.7 Å². The summed E-state index contributed by atoms with van der Waals surface area (Å²) in [5.41, 5.74) is 2.10. The van der Waals surface area contributed by atoms with Gasteiger partial charge in [0.2, 0.25) is 0 Å². The molecule has 0 aliphatic heterocycles. The molecule has 3 aromatic rings. The summed E-state index contributed by atoms with van der Waals surface area (Å²) in [4.78, 5) is 7.60. The Bertz CT molecular complexity index is 746. The second-order valence-corrected chi connectivity index (χ2v) is 4.02. The lowest BCUT2D eigenvalue weighted by Gasteiger charge is -1.89. The van der Waals surface area contributed by atoms with E-state index in [0.717, 1.165) is 17.7 Å². The third kappa shape index (κ3) is 1.57. The van der Waals surface area contributed by atoms with E-state index < -0.39 is 0 Å². The van der Waals surface area contributed by atoms with Gasteiger partial charge >= 0.3 is 0 Å². The molecule has 0 saturated heterocycles. The molecular formula is C14H11N3O. The number of aromatic nitrogens is 2. The Morgan fingerprint density at radius 3 is 2.94 bits per heavy atom. The highest BCUT2D eigenvalue weighted by Gasteiger charge is 2.11. The van der Waals surface area contributed by atoms with E-state index in [1.54, 1.807) is 6.07 Å². The van der Waals surface area contributed by atoms with Gasteiger partial charge in [0, 0.05) is 6.42 Å². The first kappa shape index (κ1) is 10.6. The summed E-state index contributed by atoms with van der Waals surface area (Å²) in [7, 11) is 0. The van der Waals surface area contributed by atoms with Gasteiger partial charge in [-0.15, -0.1) is 0 Å². The molecule has 1 N–H and O–H groups in total. The number of nitrogens with zero attached hydrogens (tertiary/aromatic N) is 2. The number of benzene rings is 1. The minimum atomic E-state index is 0.567. The van der Waals surface area contributed by atoms with E-state index in [1.807, 2.05) is 31.2 Å². The summed E-state index contributed by atoms with van der Waals surface area (Å²) in [6.45, 7) is 2.04. The van der Waals surface area contributed by atoms with E-state index in [-0.39, 0.29) is 0 Å². The maximum Gasteiger partial charge on any atom is 0.174 e. The van der Waals surface area contributed by atoms with Crippen LogP contribution in [0.4, 0.5) is 0 Å². The highest BCUT2D eigenvalue weighted by atomic mass is 16.3. The molecule has 4 heteroatoms. The predicted octanol–water partition coefficient (Wildman–Crippen LogP) is 3.26. The number of nitrogens with one attached hydrogen (secondary N) is 1. The molecule has 2 aromatic heterocycles. The quantitative estimate of drug-likeness (QED) is 0.743. The molecule has 0 aliphatic rings. The molecule has 0 spiro atoms. The van der Waals surface area contributed by atoms with Gasteiger partial charge in [0.15, 0.2) is 11.6 Å². The van der Waals surface area contributed by atoms with E-state index >= 15 is 0 Å². The average Bonchev–Trinajstić information content (AvgIpc) is 3.03. The van der Waals surface area contributed by atoms with Crippen molar-refractivity contribution in [2.45, 2.75) is 13.3 Å². The first-order chi connectivity index (χ1) is 8.81. The smallest absolute Gasteiger partial charge is 0.174 e. The Morgan fingerprint density at radius 1 is 1.33 bits per heavy atom. The number of imidazole rings is 1. The lowest BCUT2D eigenvalue weighted by atomic mass is 10.2. The molecular weight excluding hydrogens is 226 g/mol. The maximum absolute atomic E-state index is 9.03. The normalized spacial score (nSPS) is 10.7. The molecule has 0 radical (unpaired) electrons. The average molecular weight is 237 g/mol. The number of para-hydroxylation sites is 1. The summed E-state index contributed by atoms with van der Waals surface area (Å²) in [6.07, 6.45) is 0.851. The highest BCUT2D eigenvalue weighted by molar-refractivity contribution is 5.83. The van der Waals surface area contributed by atoms with Crippen molar-refractivity contribution in [2.75, 3.05) is 0 Å². The molecule has 3 rings (SSSR count). The molecule has 0 aliphatic carbocycles. The van der Waals surface area contributed by atoms with Crippen LogP contribution >= 0.6 is 0 Å². The summed E-state index contributed by atoms with van der Waals surface area (Å²) < 4.78 is 5.65. The monoisotopic (exact) mass is 237 g/mol. The second-order valence-electron chi connectivity index (χ2n) is 4.02. The van der Waals surface area contributed by atoms with Crippen molar-refractivity contribution in [2.24, 2.45) is 0 Å². The Hall–Kier alpha value is -2.54. The third-order valence-corrected chi connectivity index (χ3v) is 2.88. The Kier molecular flexibility index (Phi) is 2.38. The van der Waals surface area contributed by atoms with Crippen molar-refractivity contribution in [1.29, 1.82) is 5.26 Å². The van der Waals surface area contributed by atoms with Crippen molar-refractivity contribution >= 4 is 11.0 Å². The number of H-pyrrole nitrogens is 1. The topological polar surface area (TPSA) is 65.6 Å². The fourth-order valence-electron chi connectivity index (χ4n) is 1.93. The predicted molar refractivity (Wildman–Crippen MR) is 67.9 cm³/mol. The second kappa shape index (κ2) is 4.04. The zero-order valence-corrected chi connectivity index (χ0v) is 9.90. The van der Waals surface area contributed by atoms with Crippen molar-refractivity contribution < 1.29 is 4.42 Å². The Morgan fingerprint density at radius 2 is 2.22 bits per heavy atom. The summed E-state index contributed by atoms with van der Waals surface area (Å²) in [6, 6.07) is 11.5. The van der Waals surface area contributed by atoms with E-state index in [0.29, 0.717) is 22.7 Å². The van der Waals surface area contributed by atoms with Crippen LogP contribution in [0.1, 0.15) is 18.2 Å². The standard InChI is InChI=1S/C14H11N3O/c1-2-10-6-7-12(18-10)14-16-11-5-3-4-9(8-15)13(11)17-14/h3-7H,2H2,1H3,(H,16,17). The van der Waals surface area contributed by atoms with Crippen LogP contribution in [0.3, 0.4) is 0 Å². The molecule has 0 fully saturated rings. The number of fused-ring (bicyclic) bond motifs is 1. The molecule has 2 heterocycles. The maximum atomic E-state index is 9.03. The number of aromatic amines is 1. The number of hydrogen-bond acceptors (Lipinski definition) is 3. The van der Waals surface area contributed by atoms with Crippen molar-refractivity contribution in [1.82, 2.24) is 9.97 Å². The van der Waals surface area contributed by atoms with Crippen LogP contribution in [0, 0.1) is 11.3 Å². The van der Waals surface area contributed by atoms with Crippen molar-refractivity contribution in [3.05, 3.63) is 41.7 Å². The lowest BCUT2D eigenvalue weighted by molar-refractivity contribution is 0.526. The first-order valence-electron chi connectivity index (χ1n) is 5.79. The van der Waals surface area contributed by atoms with Crippen LogP contribution in [0.15, 0.2) is 34.7 Å². The van der Waals surface area contributed by atoms with Crippen LogP contribution in [0.5, 0.6) is 0 Å². The van der Waals surface area contributed by atoms with Crippen LogP contribution < -0.4 is 0 Å². The molecule has 0 unspecified atom stereocenters. The fraction of sp³-hybridized carbons (Fsp3) is 0.143. The van der Waals surface area contributed by atoms with Crippen LogP contribution in [0.2, 0.25) is 0 Å². The Balaban J connectivity index is 2.16. The number of aryl methyl sites for hydroxylation is 1. The van der Waals surface area contributed by atoms with Crippen LogP contribution in [-0.4, -0.2) is 9.97 Å². The van der Waals surface area contributed by atoms with Gasteiger partial charge in [-0.3, -0.25) is 0 Å². The molecule has 4 nitrogen and oxygen atoms in total. The number of hydrogen-bond donors (Lipinski definition) is 1. The van der Waals surface area contributed by atoms with E-state index in [1.165, 1.54) is 0 Å². The van der Waals surface area contributed by atoms with E-state index in [9.17, 15) is 0 Å². The molecule has 88 valence electrons. The number of furan rings is 1. The van der Waals surface area contributed by atoms with Gasteiger partial charge in [0.05, 0.1) is 11.1 Å². The molecule has 0 bridgehead atoms. The Labute approximate surface area is 104 Å². The summed E-state index contributed by atoms with van der Waals surface area (Å²) in [5, 5.41) is 9.03. The van der Waals surface area contributed by atoms with Crippen molar-refractivity contribution in [3.63, 3.8) is 0 Å². The van der Waals surface area contributed by atoms with Gasteiger partial charge in [-0.25, -0.2) is 4.98 Å². The largest absolute Gasteiger partial charge is 0.458 e. The first-order valence-corrected chi connectivity index (χ1v) is 5.79. The number of rotatable bonds is 2. The zero-order valence-electron chi connectivity index (χ0n) is 9.90. The number of nitriles is 1. The van der Waals surface area contributed by atoms with Gasteiger partial charge < -0.3 is 9.40 Å². The molecule has 1 aromatic carbocycles. The molecule has 18 heavy (non-hydrogen) atoms. The van der Waals surface area contributed by atoms with Gasteiger partial charge in [0.1, 0.15) is 17.3 Å². The lowest BCUT2D eigenvalue weighted by Crippen LogP contribution is -1.77. The van der Waals surface area contributed by atoms with Gasteiger partial charge in [0.25, 0.3) is 0 Å². The molecule has 0 amide bonds. The van der Waals surface area contributed by atoms with Gasteiger partial charge in [-0.1, -0.05) is 13.0 Å². The molecule has 0 atom stereocenters. The highest BCUT2D eigenvalue weighted by Crippen LogP contribution is 2.24. The fourth-order valence-corrected chi connectivity index (χ4v) is 1.93. The molecule has 0 saturated carbocycles. The third-order valence-electron chi connectivity index (χ3n) is 2.88. The minimum absolute atomic E-state index is 0.567. The summed E-state index contributed by atoms with van der Waals surface area (Å²) in [5.74, 6) is 2.28. The van der Waals surface area contributed by atoms with Crippen LogP contribution in [0.25, 0.3) is 22.6 Å². The SMILES string of the molecule is CCc1ccc(-c2nc3c(C#N)cccc3[nH]2)o1. The van der Waals surface area contributed by atoms with E-state index in [4.69, 9.17) is 9.68 Å². The van der Waals surface area contributed by atoms with E-state index in [2.05, 4.69) is 16.0 Å².